The number of nitrogens with two attached hydrogens (primary N) is 1. The lowest BCUT2D eigenvalue weighted by Crippen LogP contribution is -2.27. The summed E-state index contributed by atoms with van der Waals surface area (Å²) in [5.41, 5.74) is 7.69. The Labute approximate surface area is 148 Å². The standard InChI is InChI=1S/C17H18N6OS/c1-25-17-19-6-9-2-3-11-14(16(18)24)21-23(15(11)13(9)20-17)12-8-22-5-4-10(12)7-22/h2-3,6,10,12H,4-5,7-8H2,1H3,(H2,18,24). The molecule has 1 aromatic carbocycles. The fourth-order valence-corrected chi connectivity index (χ4v) is 4.59. The molecule has 4 heterocycles. The molecule has 3 atom stereocenters. The number of fused-ring (bicyclic) bond motifs is 5. The molecule has 0 radical (unpaired) electrons. The Morgan fingerprint density at radius 2 is 2.24 bits per heavy atom. The highest BCUT2D eigenvalue weighted by molar-refractivity contribution is 7.98. The van der Waals surface area contributed by atoms with Crippen LogP contribution in [0.15, 0.2) is 23.5 Å². The van der Waals surface area contributed by atoms with Crippen molar-refractivity contribution in [3.63, 3.8) is 0 Å². The lowest BCUT2D eigenvalue weighted by Gasteiger charge is -2.23. The molecule has 128 valence electrons. The van der Waals surface area contributed by atoms with E-state index in [4.69, 9.17) is 10.7 Å². The van der Waals surface area contributed by atoms with Crippen LogP contribution < -0.4 is 5.73 Å². The van der Waals surface area contributed by atoms with Crippen molar-refractivity contribution < 1.29 is 4.79 Å². The second-order valence-electron chi connectivity index (χ2n) is 6.79. The Balaban J connectivity index is 1.83. The van der Waals surface area contributed by atoms with E-state index in [0.717, 1.165) is 41.4 Å². The van der Waals surface area contributed by atoms with Crippen LogP contribution >= 0.6 is 11.8 Å². The second-order valence-corrected chi connectivity index (χ2v) is 7.56. The lowest BCUT2D eigenvalue weighted by molar-refractivity contribution is 0.0995. The molecule has 5 rings (SSSR count). The van der Waals surface area contributed by atoms with E-state index in [9.17, 15) is 4.79 Å². The SMILES string of the molecule is CSc1ncc2ccc3c(C(N)=O)nn(C4CN5CCC4C5)c3c2n1. The van der Waals surface area contributed by atoms with Crippen LogP contribution in [-0.4, -0.2) is 56.4 Å². The van der Waals surface area contributed by atoms with Gasteiger partial charge in [-0.15, -0.1) is 0 Å². The molecule has 25 heavy (non-hydrogen) atoms. The van der Waals surface area contributed by atoms with Gasteiger partial charge in [0.25, 0.3) is 5.91 Å². The largest absolute Gasteiger partial charge is 0.364 e. The minimum atomic E-state index is -0.495. The Morgan fingerprint density at radius 3 is 2.92 bits per heavy atom. The number of aromatic nitrogens is 4. The number of primary amides is 1. The molecule has 2 fully saturated rings. The molecular weight excluding hydrogens is 336 g/mol. The van der Waals surface area contributed by atoms with Gasteiger partial charge in [-0.25, -0.2) is 9.97 Å². The number of piperidine rings is 1. The van der Waals surface area contributed by atoms with Crippen molar-refractivity contribution in [3.05, 3.63) is 24.0 Å². The van der Waals surface area contributed by atoms with Crippen molar-refractivity contribution in [1.82, 2.24) is 24.6 Å². The highest BCUT2D eigenvalue weighted by Gasteiger charge is 2.40. The zero-order valence-corrected chi connectivity index (χ0v) is 14.7. The minimum absolute atomic E-state index is 0.266. The predicted molar refractivity (Wildman–Crippen MR) is 96.7 cm³/mol. The van der Waals surface area contributed by atoms with Gasteiger partial charge in [-0.3, -0.25) is 9.48 Å². The predicted octanol–water partition coefficient (Wildman–Crippen LogP) is 1.68. The van der Waals surface area contributed by atoms with Crippen molar-refractivity contribution >= 4 is 39.5 Å². The average molecular weight is 354 g/mol. The maximum atomic E-state index is 12.0. The first-order chi connectivity index (χ1) is 12.2. The molecule has 2 aliphatic heterocycles. The van der Waals surface area contributed by atoms with Gasteiger partial charge in [0.15, 0.2) is 10.9 Å². The van der Waals surface area contributed by atoms with Crippen LogP contribution in [0.5, 0.6) is 0 Å². The Hall–Kier alpha value is -2.19. The maximum absolute atomic E-state index is 12.0. The molecule has 3 aromatic rings. The summed E-state index contributed by atoms with van der Waals surface area (Å²) in [6.07, 6.45) is 4.96. The van der Waals surface area contributed by atoms with Gasteiger partial charge in [-0.05, 0) is 31.2 Å². The van der Waals surface area contributed by atoms with Crippen molar-refractivity contribution in [1.29, 1.82) is 0 Å². The normalized spacial score (nSPS) is 25.2. The summed E-state index contributed by atoms with van der Waals surface area (Å²) in [5.74, 6) is 0.0756. The first kappa shape index (κ1) is 15.1. The third-order valence-electron chi connectivity index (χ3n) is 5.42. The van der Waals surface area contributed by atoms with E-state index < -0.39 is 5.91 Å². The van der Waals surface area contributed by atoms with Gasteiger partial charge in [0, 0.05) is 30.1 Å². The van der Waals surface area contributed by atoms with Crippen LogP contribution in [0.25, 0.3) is 21.8 Å². The third-order valence-corrected chi connectivity index (χ3v) is 5.99. The van der Waals surface area contributed by atoms with Crippen molar-refractivity contribution in [2.75, 3.05) is 25.9 Å². The van der Waals surface area contributed by atoms with Gasteiger partial charge in [-0.1, -0.05) is 17.8 Å². The summed E-state index contributed by atoms with van der Waals surface area (Å²) in [7, 11) is 0. The molecule has 1 amide bonds. The zero-order chi connectivity index (χ0) is 17.1. The van der Waals surface area contributed by atoms with E-state index in [0.29, 0.717) is 16.8 Å². The highest BCUT2D eigenvalue weighted by Crippen LogP contribution is 2.39. The van der Waals surface area contributed by atoms with Gasteiger partial charge in [0.1, 0.15) is 5.52 Å². The zero-order valence-electron chi connectivity index (χ0n) is 13.8. The summed E-state index contributed by atoms with van der Waals surface area (Å²) >= 11 is 1.50. The van der Waals surface area contributed by atoms with Crippen molar-refractivity contribution in [2.45, 2.75) is 17.6 Å². The summed E-state index contributed by atoms with van der Waals surface area (Å²) in [6, 6.07) is 4.11. The average Bonchev–Trinajstić information content (AvgIpc) is 3.34. The van der Waals surface area contributed by atoms with Crippen molar-refractivity contribution in [3.8, 4) is 0 Å². The summed E-state index contributed by atoms with van der Waals surface area (Å²) in [5, 5.41) is 7.09. The number of carbonyl (C=O) groups is 1. The van der Waals surface area contributed by atoms with Crippen LogP contribution in [0.1, 0.15) is 23.0 Å². The van der Waals surface area contributed by atoms with E-state index in [2.05, 4.69) is 15.0 Å². The molecule has 2 N–H and O–H groups in total. The number of nitrogens with zero attached hydrogens (tertiary/aromatic N) is 5. The molecule has 0 spiro atoms. The first-order valence-electron chi connectivity index (χ1n) is 8.40. The topological polar surface area (TPSA) is 89.9 Å². The molecule has 0 saturated carbocycles. The maximum Gasteiger partial charge on any atom is 0.269 e. The van der Waals surface area contributed by atoms with Gasteiger partial charge < -0.3 is 10.6 Å². The number of hydrogen-bond donors (Lipinski definition) is 1. The molecule has 2 aromatic heterocycles. The summed E-state index contributed by atoms with van der Waals surface area (Å²) in [4.78, 5) is 23.5. The van der Waals surface area contributed by atoms with Gasteiger partial charge in [0.05, 0.1) is 11.6 Å². The summed E-state index contributed by atoms with van der Waals surface area (Å²) < 4.78 is 2.01. The minimum Gasteiger partial charge on any atom is -0.364 e. The van der Waals surface area contributed by atoms with Gasteiger partial charge in [-0.2, -0.15) is 5.10 Å². The molecule has 7 nitrogen and oxygen atoms in total. The molecule has 0 aliphatic carbocycles. The van der Waals surface area contributed by atoms with Crippen LogP contribution in [-0.2, 0) is 0 Å². The number of amides is 1. The quantitative estimate of drug-likeness (QED) is 0.568. The molecule has 2 aliphatic rings. The van der Waals surface area contributed by atoms with Crippen molar-refractivity contribution in [2.24, 2.45) is 11.7 Å². The first-order valence-corrected chi connectivity index (χ1v) is 9.62. The van der Waals surface area contributed by atoms with Crippen LogP contribution in [0, 0.1) is 5.92 Å². The van der Waals surface area contributed by atoms with E-state index in [1.54, 1.807) is 0 Å². The lowest BCUT2D eigenvalue weighted by atomic mass is 10.00. The molecular formula is C17H18N6OS. The van der Waals surface area contributed by atoms with Gasteiger partial charge in [0.2, 0.25) is 0 Å². The van der Waals surface area contributed by atoms with Crippen LogP contribution in [0.3, 0.4) is 0 Å². The molecule has 3 unspecified atom stereocenters. The number of carbonyl (C=O) groups excluding carboxylic acids is 1. The van der Waals surface area contributed by atoms with Crippen LogP contribution in [0.4, 0.5) is 0 Å². The third kappa shape index (κ3) is 2.17. The second kappa shape index (κ2) is 5.40. The van der Waals surface area contributed by atoms with Gasteiger partial charge >= 0.3 is 0 Å². The summed E-state index contributed by atoms with van der Waals surface area (Å²) in [6.45, 7) is 3.23. The Bertz CT molecular complexity index is 1020. The fourth-order valence-electron chi connectivity index (χ4n) is 4.25. The number of thioether (sulfide) groups is 1. The number of benzene rings is 1. The molecule has 8 heteroatoms. The number of rotatable bonds is 3. The highest BCUT2D eigenvalue weighted by atomic mass is 32.2. The fraction of sp³-hybridized carbons (Fsp3) is 0.412. The Morgan fingerprint density at radius 1 is 1.36 bits per heavy atom. The van der Waals surface area contributed by atoms with E-state index in [1.165, 1.54) is 18.2 Å². The number of hydrogen-bond acceptors (Lipinski definition) is 6. The Kier molecular flexibility index (Phi) is 3.26. The monoisotopic (exact) mass is 354 g/mol. The van der Waals surface area contributed by atoms with E-state index in [1.807, 2.05) is 29.3 Å². The molecule has 2 bridgehead atoms. The van der Waals surface area contributed by atoms with Crippen LogP contribution in [0.2, 0.25) is 0 Å². The van der Waals surface area contributed by atoms with E-state index >= 15 is 0 Å². The molecule has 2 saturated heterocycles. The smallest absolute Gasteiger partial charge is 0.269 e. The van der Waals surface area contributed by atoms with E-state index in [-0.39, 0.29) is 6.04 Å².